The monoisotopic (exact) mass is 450 g/mol. The van der Waals surface area contributed by atoms with Crippen molar-refractivity contribution in [3.63, 3.8) is 0 Å². The van der Waals surface area contributed by atoms with Gasteiger partial charge in [-0.1, -0.05) is 19.4 Å². The molecule has 7 heteroatoms. The average molecular weight is 451 g/mol. The van der Waals surface area contributed by atoms with Crippen LogP contribution in [0.3, 0.4) is 0 Å². The Morgan fingerprint density at radius 1 is 1.09 bits per heavy atom. The first kappa shape index (κ1) is 23.3. The van der Waals surface area contributed by atoms with Gasteiger partial charge in [-0.3, -0.25) is 9.47 Å². The maximum absolute atomic E-state index is 11.4. The lowest BCUT2D eigenvalue weighted by atomic mass is 10.2. The van der Waals surface area contributed by atoms with Gasteiger partial charge in [0.1, 0.15) is 12.1 Å². The predicted molar refractivity (Wildman–Crippen MR) is 132 cm³/mol. The number of carboxylic acids is 1. The fourth-order valence-electron chi connectivity index (χ4n) is 4.57. The zero-order chi connectivity index (χ0) is 23.4. The molecular weight excluding hydrogens is 416 g/mol. The van der Waals surface area contributed by atoms with Crippen LogP contribution in [0.15, 0.2) is 42.5 Å². The van der Waals surface area contributed by atoms with Crippen LogP contribution in [0, 0.1) is 0 Å². The van der Waals surface area contributed by atoms with Gasteiger partial charge >= 0.3 is 5.97 Å². The first-order chi connectivity index (χ1) is 16.0. The summed E-state index contributed by atoms with van der Waals surface area (Å²) in [6.07, 6.45) is 3.12. The molecule has 1 saturated heterocycles. The standard InChI is InChI=1S/C26H34N4O3/c1-4-6-10-25-27-23-17-20(26(31)32)11-12-24(23)30(25)22-9-7-8-21(18-22)29-15-13-28(14-16-29)19(3)33-5-2/h7-9,11-12,17-19H,4-6,10,13-16H2,1-3H3,(H,31,32). The molecular formula is C26H34N4O3. The molecule has 0 radical (unpaired) electrons. The van der Waals surface area contributed by atoms with Gasteiger partial charge in [-0.05, 0) is 56.7 Å². The lowest BCUT2D eigenvalue weighted by Gasteiger charge is -2.38. The summed E-state index contributed by atoms with van der Waals surface area (Å²) in [6, 6.07) is 13.8. The molecule has 4 rings (SSSR count). The Labute approximate surface area is 195 Å². The van der Waals surface area contributed by atoms with Crippen molar-refractivity contribution < 1.29 is 14.6 Å². The molecule has 1 aliphatic heterocycles. The van der Waals surface area contributed by atoms with Gasteiger partial charge in [0, 0.05) is 50.6 Å². The zero-order valence-corrected chi connectivity index (χ0v) is 19.8. The van der Waals surface area contributed by atoms with E-state index in [-0.39, 0.29) is 11.8 Å². The van der Waals surface area contributed by atoms with Gasteiger partial charge in [-0.2, -0.15) is 0 Å². The number of ether oxygens (including phenoxy) is 1. The third-order valence-corrected chi connectivity index (χ3v) is 6.41. The topological polar surface area (TPSA) is 70.8 Å². The van der Waals surface area contributed by atoms with E-state index >= 15 is 0 Å². The highest BCUT2D eigenvalue weighted by Gasteiger charge is 2.22. The van der Waals surface area contributed by atoms with E-state index in [9.17, 15) is 9.90 Å². The van der Waals surface area contributed by atoms with E-state index in [2.05, 4.69) is 52.5 Å². The molecule has 2 heterocycles. The van der Waals surface area contributed by atoms with E-state index in [1.807, 2.05) is 13.0 Å². The summed E-state index contributed by atoms with van der Waals surface area (Å²) in [7, 11) is 0. The van der Waals surface area contributed by atoms with E-state index in [4.69, 9.17) is 9.72 Å². The van der Waals surface area contributed by atoms with Crippen LogP contribution in [0.2, 0.25) is 0 Å². The van der Waals surface area contributed by atoms with Crippen LogP contribution in [0.25, 0.3) is 16.7 Å². The summed E-state index contributed by atoms with van der Waals surface area (Å²) < 4.78 is 7.95. The maximum Gasteiger partial charge on any atom is 0.335 e. The third kappa shape index (κ3) is 5.04. The Kier molecular flexibility index (Phi) is 7.30. The molecule has 1 atom stereocenters. The van der Waals surface area contributed by atoms with Gasteiger partial charge in [-0.15, -0.1) is 0 Å². The molecule has 1 aliphatic rings. The Morgan fingerprint density at radius 2 is 1.85 bits per heavy atom. The lowest BCUT2D eigenvalue weighted by molar-refractivity contribution is -0.0440. The van der Waals surface area contributed by atoms with Crippen molar-refractivity contribution in [2.24, 2.45) is 0 Å². The smallest absolute Gasteiger partial charge is 0.335 e. The quantitative estimate of drug-likeness (QED) is 0.515. The second-order valence-electron chi connectivity index (χ2n) is 8.57. The van der Waals surface area contributed by atoms with Crippen molar-refractivity contribution in [3.8, 4) is 5.69 Å². The van der Waals surface area contributed by atoms with Crippen LogP contribution in [-0.2, 0) is 11.2 Å². The van der Waals surface area contributed by atoms with E-state index in [0.29, 0.717) is 0 Å². The van der Waals surface area contributed by atoms with Crippen molar-refractivity contribution in [1.82, 2.24) is 14.5 Å². The number of aryl methyl sites for hydroxylation is 1. The molecule has 33 heavy (non-hydrogen) atoms. The molecule has 1 unspecified atom stereocenters. The molecule has 2 aromatic carbocycles. The highest BCUT2D eigenvalue weighted by Crippen LogP contribution is 2.27. The molecule has 0 amide bonds. The van der Waals surface area contributed by atoms with Crippen LogP contribution >= 0.6 is 0 Å². The van der Waals surface area contributed by atoms with E-state index in [0.717, 1.165) is 74.6 Å². The van der Waals surface area contributed by atoms with Gasteiger partial charge in [0.2, 0.25) is 0 Å². The highest BCUT2D eigenvalue weighted by atomic mass is 16.5. The summed E-state index contributed by atoms with van der Waals surface area (Å²) in [4.78, 5) is 21.1. The maximum atomic E-state index is 11.4. The van der Waals surface area contributed by atoms with Crippen LogP contribution in [0.1, 0.15) is 49.8 Å². The summed E-state index contributed by atoms with van der Waals surface area (Å²) in [5.41, 5.74) is 4.20. The molecule has 1 aromatic heterocycles. The second kappa shape index (κ2) is 10.4. The Bertz CT molecular complexity index is 1100. The zero-order valence-electron chi connectivity index (χ0n) is 19.8. The number of fused-ring (bicyclic) bond motifs is 1. The molecule has 176 valence electrons. The Balaban J connectivity index is 1.64. The third-order valence-electron chi connectivity index (χ3n) is 6.41. The van der Waals surface area contributed by atoms with Gasteiger partial charge in [0.25, 0.3) is 0 Å². The number of imidazole rings is 1. The molecule has 1 fully saturated rings. The molecule has 7 nitrogen and oxygen atoms in total. The summed E-state index contributed by atoms with van der Waals surface area (Å²) >= 11 is 0. The van der Waals surface area contributed by atoms with Crippen LogP contribution in [0.4, 0.5) is 5.69 Å². The number of piperazine rings is 1. The SMILES string of the molecule is CCCCc1nc2cc(C(=O)O)ccc2n1-c1cccc(N2CCN(C(C)OCC)CC2)c1. The predicted octanol–water partition coefficient (Wildman–Crippen LogP) is 4.57. The van der Waals surface area contributed by atoms with Crippen LogP contribution < -0.4 is 4.90 Å². The molecule has 3 aromatic rings. The number of unbranched alkanes of at least 4 members (excludes halogenated alkanes) is 1. The Hall–Kier alpha value is -2.90. The van der Waals surface area contributed by atoms with Crippen molar-refractivity contribution >= 4 is 22.7 Å². The minimum absolute atomic E-state index is 0.151. The molecule has 0 aliphatic carbocycles. The van der Waals surface area contributed by atoms with E-state index in [1.165, 1.54) is 5.69 Å². The fourth-order valence-corrected chi connectivity index (χ4v) is 4.57. The molecule has 0 bridgehead atoms. The summed E-state index contributed by atoms with van der Waals surface area (Å²) in [5, 5.41) is 9.39. The highest BCUT2D eigenvalue weighted by molar-refractivity contribution is 5.93. The number of hydrogen-bond acceptors (Lipinski definition) is 5. The number of nitrogens with zero attached hydrogens (tertiary/aromatic N) is 4. The van der Waals surface area contributed by atoms with E-state index < -0.39 is 5.97 Å². The first-order valence-electron chi connectivity index (χ1n) is 12.0. The lowest BCUT2D eigenvalue weighted by Crippen LogP contribution is -2.50. The largest absolute Gasteiger partial charge is 0.478 e. The van der Waals surface area contributed by atoms with Crippen LogP contribution in [-0.4, -0.2) is 64.5 Å². The molecule has 0 saturated carbocycles. The van der Waals surface area contributed by atoms with Gasteiger partial charge in [0.05, 0.1) is 16.6 Å². The first-order valence-corrected chi connectivity index (χ1v) is 12.0. The summed E-state index contributed by atoms with van der Waals surface area (Å²) in [6.45, 7) is 10.9. The normalized spacial score (nSPS) is 15.8. The van der Waals surface area contributed by atoms with Crippen molar-refractivity contribution in [2.45, 2.75) is 46.3 Å². The molecule has 0 spiro atoms. The number of carbonyl (C=O) groups is 1. The average Bonchev–Trinajstić information content (AvgIpc) is 3.20. The number of carboxylic acid groups (broad SMARTS) is 1. The number of rotatable bonds is 9. The number of benzene rings is 2. The number of aromatic nitrogens is 2. The number of hydrogen-bond donors (Lipinski definition) is 1. The van der Waals surface area contributed by atoms with Crippen molar-refractivity contribution in [2.75, 3.05) is 37.7 Å². The molecule has 1 N–H and O–H groups in total. The number of anilines is 1. The van der Waals surface area contributed by atoms with Crippen LogP contribution in [0.5, 0.6) is 0 Å². The number of aromatic carboxylic acids is 1. The van der Waals surface area contributed by atoms with Crippen molar-refractivity contribution in [1.29, 1.82) is 0 Å². The van der Waals surface area contributed by atoms with Gasteiger partial charge in [-0.25, -0.2) is 9.78 Å². The van der Waals surface area contributed by atoms with Gasteiger partial charge < -0.3 is 14.7 Å². The fraction of sp³-hybridized carbons (Fsp3) is 0.462. The van der Waals surface area contributed by atoms with Crippen molar-refractivity contribution in [3.05, 3.63) is 53.9 Å². The van der Waals surface area contributed by atoms with Gasteiger partial charge in [0.15, 0.2) is 0 Å². The Morgan fingerprint density at radius 3 is 2.55 bits per heavy atom. The minimum Gasteiger partial charge on any atom is -0.478 e. The summed E-state index contributed by atoms with van der Waals surface area (Å²) in [5.74, 6) is 0.0447. The second-order valence-corrected chi connectivity index (χ2v) is 8.57. The van der Waals surface area contributed by atoms with E-state index in [1.54, 1.807) is 12.1 Å². The minimum atomic E-state index is -0.929.